The molecule has 0 amide bonds. The van der Waals surface area contributed by atoms with E-state index in [9.17, 15) is 9.59 Å². The Balaban J connectivity index is 1.47. The minimum atomic E-state index is -0.134. The van der Waals surface area contributed by atoms with E-state index in [1.54, 1.807) is 19.4 Å². The van der Waals surface area contributed by atoms with Crippen molar-refractivity contribution in [2.75, 3.05) is 0 Å². The van der Waals surface area contributed by atoms with Gasteiger partial charge < -0.3 is 9.53 Å². The summed E-state index contributed by atoms with van der Waals surface area (Å²) in [5, 5.41) is 0. The topological polar surface area (TPSA) is 43.4 Å². The van der Waals surface area contributed by atoms with E-state index in [-0.39, 0.29) is 12.1 Å². The third-order valence-electron chi connectivity index (χ3n) is 10.3. The molecule has 0 bridgehead atoms. The fourth-order valence-corrected chi connectivity index (χ4v) is 8.81. The first-order valence-corrected chi connectivity index (χ1v) is 13.0. The summed E-state index contributed by atoms with van der Waals surface area (Å²) in [6, 6.07) is 0. The van der Waals surface area contributed by atoms with Crippen molar-refractivity contribution in [3.63, 3.8) is 0 Å². The Hall–Kier alpha value is -1.12. The quantitative estimate of drug-likeness (QED) is 0.342. The normalized spacial score (nSPS) is 42.6. The highest BCUT2D eigenvalue weighted by molar-refractivity contribution is 5.75. The number of hydrogen-bond donors (Lipinski definition) is 0. The van der Waals surface area contributed by atoms with Crippen LogP contribution in [0.15, 0.2) is 11.6 Å². The van der Waals surface area contributed by atoms with Gasteiger partial charge in [0.15, 0.2) is 0 Å². The molecule has 3 heteroatoms. The molecule has 8 atom stereocenters. The molecule has 0 saturated heterocycles. The third-order valence-corrected chi connectivity index (χ3v) is 10.3. The Morgan fingerprint density at radius 2 is 1.87 bits per heavy atom. The van der Waals surface area contributed by atoms with Crippen molar-refractivity contribution in [1.29, 1.82) is 0 Å². The molecule has 4 aliphatic carbocycles. The van der Waals surface area contributed by atoms with Gasteiger partial charge >= 0.3 is 5.97 Å². The van der Waals surface area contributed by atoms with Crippen LogP contribution in [0.5, 0.6) is 0 Å². The lowest BCUT2D eigenvalue weighted by Crippen LogP contribution is -2.51. The van der Waals surface area contributed by atoms with Gasteiger partial charge in [0, 0.05) is 19.8 Å². The van der Waals surface area contributed by atoms with Crippen molar-refractivity contribution >= 4 is 11.8 Å². The number of fused-ring (bicyclic) bond motifs is 5. The van der Waals surface area contributed by atoms with E-state index in [4.69, 9.17) is 4.74 Å². The summed E-state index contributed by atoms with van der Waals surface area (Å²) in [4.78, 5) is 22.8. The number of ether oxygens (including phenoxy) is 1. The first-order chi connectivity index (χ1) is 14.6. The average Bonchev–Trinajstić information content (AvgIpc) is 3.05. The van der Waals surface area contributed by atoms with Crippen LogP contribution < -0.4 is 0 Å². The van der Waals surface area contributed by atoms with Gasteiger partial charge in [-0.25, -0.2) is 0 Å². The van der Waals surface area contributed by atoms with E-state index < -0.39 is 0 Å². The van der Waals surface area contributed by atoms with E-state index in [0.717, 1.165) is 55.3 Å². The molecule has 0 radical (unpaired) electrons. The van der Waals surface area contributed by atoms with Gasteiger partial charge in [-0.3, -0.25) is 4.79 Å². The van der Waals surface area contributed by atoms with Crippen LogP contribution in [0, 0.1) is 40.4 Å². The van der Waals surface area contributed by atoms with Gasteiger partial charge in [0.05, 0.1) is 0 Å². The molecule has 0 aromatic carbocycles. The molecule has 31 heavy (non-hydrogen) atoms. The van der Waals surface area contributed by atoms with Crippen LogP contribution in [0.3, 0.4) is 0 Å². The van der Waals surface area contributed by atoms with Crippen molar-refractivity contribution in [2.24, 2.45) is 40.4 Å². The Kier molecular flexibility index (Phi) is 6.45. The Morgan fingerprint density at radius 1 is 1.10 bits per heavy atom. The highest BCUT2D eigenvalue weighted by Gasteiger charge is 2.59. The first-order valence-electron chi connectivity index (χ1n) is 13.0. The molecule has 3 nitrogen and oxygen atoms in total. The molecule has 174 valence electrons. The Morgan fingerprint density at radius 3 is 2.58 bits per heavy atom. The van der Waals surface area contributed by atoms with Gasteiger partial charge in [-0.2, -0.15) is 0 Å². The van der Waals surface area contributed by atoms with Crippen LogP contribution in [-0.2, 0) is 14.3 Å². The molecule has 0 aromatic heterocycles. The second-order valence-electron chi connectivity index (χ2n) is 12.0. The molecule has 0 spiro atoms. The van der Waals surface area contributed by atoms with Crippen molar-refractivity contribution in [3.05, 3.63) is 11.6 Å². The fourth-order valence-electron chi connectivity index (χ4n) is 8.81. The zero-order chi connectivity index (χ0) is 22.4. The number of hydrogen-bond acceptors (Lipinski definition) is 3. The summed E-state index contributed by atoms with van der Waals surface area (Å²) >= 11 is 0. The summed E-state index contributed by atoms with van der Waals surface area (Å²) in [7, 11) is 0. The maximum Gasteiger partial charge on any atom is 0.302 e. The van der Waals surface area contributed by atoms with Crippen LogP contribution in [0.1, 0.15) is 105 Å². The smallest absolute Gasteiger partial charge is 0.302 e. The fraction of sp³-hybridized carbons (Fsp3) is 0.857. The van der Waals surface area contributed by atoms with Gasteiger partial charge in [-0.15, -0.1) is 0 Å². The van der Waals surface area contributed by atoms with Crippen LogP contribution in [0.4, 0.5) is 0 Å². The monoisotopic (exact) mass is 428 g/mol. The van der Waals surface area contributed by atoms with Crippen LogP contribution in [0.25, 0.3) is 0 Å². The number of esters is 1. The zero-order valence-electron chi connectivity index (χ0n) is 20.5. The van der Waals surface area contributed by atoms with E-state index in [1.165, 1.54) is 44.9 Å². The second-order valence-corrected chi connectivity index (χ2v) is 12.0. The number of carbonyl (C=O) groups is 2. The van der Waals surface area contributed by atoms with E-state index in [2.05, 4.69) is 26.8 Å². The van der Waals surface area contributed by atoms with Gasteiger partial charge in [0.1, 0.15) is 11.9 Å². The summed E-state index contributed by atoms with van der Waals surface area (Å²) in [5.41, 5.74) is 2.38. The maximum atomic E-state index is 11.5. The lowest BCUT2D eigenvalue weighted by Gasteiger charge is -2.58. The molecular formula is C28H44O3. The van der Waals surface area contributed by atoms with E-state index >= 15 is 0 Å². The van der Waals surface area contributed by atoms with Gasteiger partial charge in [0.2, 0.25) is 0 Å². The van der Waals surface area contributed by atoms with Crippen LogP contribution >= 0.6 is 0 Å². The standard InChI is InChI=1S/C28H44O3/c1-18(7-6-8-19(2)29)24-11-12-25-23-10-9-21-17-22(31-20(3)30)13-15-27(21,4)26(23)14-16-28(24,25)5/h9,18,22-26H,6-8,10-17H2,1-5H3/t18-,22?,23+,24-,25+,26+,27+,28-/m1/s1. The highest BCUT2D eigenvalue weighted by atomic mass is 16.5. The summed E-state index contributed by atoms with van der Waals surface area (Å²) in [6.07, 6.45) is 15.6. The zero-order valence-corrected chi connectivity index (χ0v) is 20.5. The van der Waals surface area contributed by atoms with E-state index in [1.807, 2.05) is 0 Å². The summed E-state index contributed by atoms with van der Waals surface area (Å²) < 4.78 is 5.59. The molecular weight excluding hydrogens is 384 g/mol. The number of carbonyl (C=O) groups excluding carboxylic acids is 2. The van der Waals surface area contributed by atoms with Gasteiger partial charge in [0.25, 0.3) is 0 Å². The number of rotatable bonds is 6. The van der Waals surface area contributed by atoms with Gasteiger partial charge in [-0.1, -0.05) is 38.8 Å². The highest BCUT2D eigenvalue weighted by Crippen LogP contribution is 2.67. The Bertz CT molecular complexity index is 739. The minimum Gasteiger partial charge on any atom is -0.462 e. The SMILES string of the molecule is CC(=O)CCC[C@@H](C)[C@H]1CC[C@H]2[C@@H]3CC=C4CC(OC(C)=O)CC[C@]4(C)[C@H]3CC[C@]12C. The molecule has 4 rings (SSSR count). The van der Waals surface area contributed by atoms with Gasteiger partial charge in [-0.05, 0) is 98.7 Å². The molecule has 1 unspecified atom stereocenters. The van der Waals surface area contributed by atoms with Crippen molar-refractivity contribution in [2.45, 2.75) is 111 Å². The van der Waals surface area contributed by atoms with Crippen molar-refractivity contribution in [3.8, 4) is 0 Å². The predicted molar refractivity (Wildman–Crippen MR) is 124 cm³/mol. The molecule has 0 heterocycles. The van der Waals surface area contributed by atoms with E-state index in [0.29, 0.717) is 16.6 Å². The molecule has 0 aliphatic heterocycles. The molecule has 0 aromatic rings. The van der Waals surface area contributed by atoms with Crippen LogP contribution in [0.2, 0.25) is 0 Å². The molecule has 0 N–H and O–H groups in total. The second kappa shape index (κ2) is 8.67. The average molecular weight is 429 g/mol. The molecule has 3 saturated carbocycles. The first kappa shape index (κ1) is 23.1. The minimum absolute atomic E-state index is 0.0916. The lowest BCUT2D eigenvalue weighted by molar-refractivity contribution is -0.148. The van der Waals surface area contributed by atoms with Crippen molar-refractivity contribution < 1.29 is 14.3 Å². The number of Topliss-reactive ketones (excluding diaryl/α,β-unsaturated/α-hetero) is 1. The molecule has 4 aliphatic rings. The lowest BCUT2D eigenvalue weighted by atomic mass is 9.47. The number of ketones is 1. The third kappa shape index (κ3) is 4.15. The maximum absolute atomic E-state index is 11.5. The summed E-state index contributed by atoms with van der Waals surface area (Å²) in [6.45, 7) is 10.9. The Labute approximate surface area is 189 Å². The number of allylic oxidation sites excluding steroid dienone is 1. The van der Waals surface area contributed by atoms with Crippen LogP contribution in [-0.4, -0.2) is 17.9 Å². The largest absolute Gasteiger partial charge is 0.462 e. The predicted octanol–water partition coefficient (Wildman–Crippen LogP) is 6.89. The van der Waals surface area contributed by atoms with Crippen molar-refractivity contribution in [1.82, 2.24) is 0 Å². The molecule has 3 fully saturated rings. The summed E-state index contributed by atoms with van der Waals surface area (Å²) in [5.74, 6) is 4.24.